The van der Waals surface area contributed by atoms with E-state index in [9.17, 15) is 0 Å². The largest absolute Gasteiger partial charge is 0.294 e. The number of hydrazone groups is 1. The third-order valence-electron chi connectivity index (χ3n) is 4.78. The van der Waals surface area contributed by atoms with Crippen molar-refractivity contribution in [3.63, 3.8) is 0 Å². The van der Waals surface area contributed by atoms with E-state index in [1.54, 1.807) is 11.3 Å². The van der Waals surface area contributed by atoms with Gasteiger partial charge in [0.15, 0.2) is 0 Å². The number of benzene rings is 2. The Bertz CT molecular complexity index is 768. The zero-order valence-electron chi connectivity index (χ0n) is 14.7. The fourth-order valence-electron chi connectivity index (χ4n) is 3.47. The molecule has 0 spiro atoms. The average Bonchev–Trinajstić information content (AvgIpc) is 3.23. The van der Waals surface area contributed by atoms with E-state index < -0.39 is 0 Å². The van der Waals surface area contributed by atoms with E-state index in [0.29, 0.717) is 6.04 Å². The highest BCUT2D eigenvalue weighted by molar-refractivity contribution is 7.11. The van der Waals surface area contributed by atoms with E-state index in [2.05, 4.69) is 93.2 Å². The fourth-order valence-corrected chi connectivity index (χ4v) is 4.05. The van der Waals surface area contributed by atoms with Gasteiger partial charge in [-0.15, -0.1) is 11.3 Å². The summed E-state index contributed by atoms with van der Waals surface area (Å²) in [5.74, 6) is 0. The summed E-state index contributed by atoms with van der Waals surface area (Å²) in [7, 11) is 0. The molecule has 4 rings (SSSR count). The zero-order chi connectivity index (χ0) is 17.6. The molecule has 0 N–H and O–H groups in total. The number of hydrogen-bond acceptors (Lipinski definition) is 4. The third-order valence-corrected chi connectivity index (χ3v) is 5.58. The van der Waals surface area contributed by atoms with Gasteiger partial charge in [0.2, 0.25) is 0 Å². The Kier molecular flexibility index (Phi) is 5.43. The Labute approximate surface area is 159 Å². The molecule has 1 aromatic heterocycles. The first kappa shape index (κ1) is 17.0. The van der Waals surface area contributed by atoms with Gasteiger partial charge in [0.1, 0.15) is 0 Å². The lowest BCUT2D eigenvalue weighted by Gasteiger charge is -2.38. The highest BCUT2D eigenvalue weighted by atomic mass is 32.1. The summed E-state index contributed by atoms with van der Waals surface area (Å²) in [5, 5.41) is 8.93. The molecule has 0 radical (unpaired) electrons. The maximum Gasteiger partial charge on any atom is 0.0642 e. The standard InChI is InChI=1S/C22H23N3S/c1-3-8-19(9-4-1)22(20-10-5-2-6-11-20)24-13-15-25(16-14-24)23-18-21-12-7-17-26-21/h1-12,17-18,22H,13-16H2/b23-18-. The summed E-state index contributed by atoms with van der Waals surface area (Å²) in [4.78, 5) is 3.78. The number of thiophene rings is 1. The second kappa shape index (κ2) is 8.30. The molecule has 2 aromatic carbocycles. The van der Waals surface area contributed by atoms with E-state index in [4.69, 9.17) is 0 Å². The van der Waals surface area contributed by atoms with E-state index in [1.165, 1.54) is 16.0 Å². The molecule has 3 nitrogen and oxygen atoms in total. The fraction of sp³-hybridized carbons (Fsp3) is 0.227. The molecule has 0 saturated carbocycles. The first-order valence-corrected chi connectivity index (χ1v) is 9.94. The minimum atomic E-state index is 0.306. The minimum Gasteiger partial charge on any atom is -0.294 e. The van der Waals surface area contributed by atoms with Crippen molar-refractivity contribution in [2.45, 2.75) is 6.04 Å². The smallest absolute Gasteiger partial charge is 0.0642 e. The topological polar surface area (TPSA) is 18.8 Å². The molecule has 26 heavy (non-hydrogen) atoms. The normalized spacial score (nSPS) is 15.8. The minimum absolute atomic E-state index is 0.306. The Morgan fingerprint density at radius 3 is 1.92 bits per heavy atom. The zero-order valence-corrected chi connectivity index (χ0v) is 15.6. The Hall–Kier alpha value is -2.43. The number of nitrogens with zero attached hydrogens (tertiary/aromatic N) is 3. The molecule has 0 atom stereocenters. The van der Waals surface area contributed by atoms with Gasteiger partial charge in [0, 0.05) is 31.1 Å². The lowest BCUT2D eigenvalue weighted by atomic mass is 9.96. The molecular formula is C22H23N3S. The van der Waals surface area contributed by atoms with Crippen molar-refractivity contribution in [3.05, 3.63) is 94.2 Å². The van der Waals surface area contributed by atoms with Gasteiger partial charge in [-0.1, -0.05) is 66.7 Å². The van der Waals surface area contributed by atoms with Crippen LogP contribution in [0.25, 0.3) is 0 Å². The summed E-state index contributed by atoms with van der Waals surface area (Å²) in [6, 6.07) is 26.1. The molecule has 1 fully saturated rings. The van der Waals surface area contributed by atoms with Crippen molar-refractivity contribution < 1.29 is 0 Å². The van der Waals surface area contributed by atoms with Gasteiger partial charge >= 0.3 is 0 Å². The molecule has 1 aliphatic rings. The molecule has 0 bridgehead atoms. The summed E-state index contributed by atoms with van der Waals surface area (Å²) in [6.07, 6.45) is 1.98. The van der Waals surface area contributed by atoms with Gasteiger partial charge < -0.3 is 0 Å². The first-order valence-electron chi connectivity index (χ1n) is 9.06. The summed E-state index contributed by atoms with van der Waals surface area (Å²) < 4.78 is 0. The Morgan fingerprint density at radius 1 is 0.769 bits per heavy atom. The van der Waals surface area contributed by atoms with Crippen LogP contribution in [0.5, 0.6) is 0 Å². The van der Waals surface area contributed by atoms with Crippen LogP contribution in [0.4, 0.5) is 0 Å². The quantitative estimate of drug-likeness (QED) is 0.624. The van der Waals surface area contributed by atoms with Crippen molar-refractivity contribution in [1.82, 2.24) is 9.91 Å². The Balaban J connectivity index is 1.48. The molecular weight excluding hydrogens is 338 g/mol. The molecule has 1 saturated heterocycles. The van der Waals surface area contributed by atoms with Gasteiger partial charge in [-0.3, -0.25) is 9.91 Å². The molecule has 0 aliphatic carbocycles. The van der Waals surface area contributed by atoms with Crippen LogP contribution in [0.1, 0.15) is 22.0 Å². The lowest BCUT2D eigenvalue weighted by molar-refractivity contribution is 0.113. The molecule has 0 amide bonds. The highest BCUT2D eigenvalue weighted by Crippen LogP contribution is 2.29. The predicted molar refractivity (Wildman–Crippen MR) is 110 cm³/mol. The molecule has 132 valence electrons. The van der Waals surface area contributed by atoms with Crippen LogP contribution in [0, 0.1) is 0 Å². The van der Waals surface area contributed by atoms with Crippen LogP contribution in [-0.2, 0) is 0 Å². The molecule has 3 aromatic rings. The van der Waals surface area contributed by atoms with Crippen LogP contribution in [0.3, 0.4) is 0 Å². The summed E-state index contributed by atoms with van der Waals surface area (Å²) in [5.41, 5.74) is 2.71. The number of piperazine rings is 1. The van der Waals surface area contributed by atoms with Crippen molar-refractivity contribution in [2.24, 2.45) is 5.10 Å². The maximum atomic E-state index is 4.66. The average molecular weight is 362 g/mol. The van der Waals surface area contributed by atoms with E-state index in [1.807, 2.05) is 6.21 Å². The monoisotopic (exact) mass is 361 g/mol. The first-order chi connectivity index (χ1) is 12.9. The van der Waals surface area contributed by atoms with Crippen LogP contribution in [0.2, 0.25) is 0 Å². The van der Waals surface area contributed by atoms with Gasteiger partial charge in [-0.05, 0) is 22.6 Å². The molecule has 2 heterocycles. The van der Waals surface area contributed by atoms with Gasteiger partial charge in [0.05, 0.1) is 12.3 Å². The van der Waals surface area contributed by atoms with Gasteiger partial charge in [-0.2, -0.15) is 5.10 Å². The SMILES string of the molecule is C(=N/N1CCN(C(c2ccccc2)c2ccccc2)CC1)/c1cccs1. The van der Waals surface area contributed by atoms with Crippen molar-refractivity contribution in [3.8, 4) is 0 Å². The van der Waals surface area contributed by atoms with Crippen molar-refractivity contribution >= 4 is 17.6 Å². The van der Waals surface area contributed by atoms with Crippen LogP contribution < -0.4 is 0 Å². The molecule has 0 unspecified atom stereocenters. The van der Waals surface area contributed by atoms with E-state index in [-0.39, 0.29) is 0 Å². The second-order valence-corrected chi connectivity index (χ2v) is 7.45. The predicted octanol–water partition coefficient (Wildman–Crippen LogP) is 4.49. The summed E-state index contributed by atoms with van der Waals surface area (Å²) in [6.45, 7) is 3.93. The summed E-state index contributed by atoms with van der Waals surface area (Å²) >= 11 is 1.73. The Morgan fingerprint density at radius 2 is 1.38 bits per heavy atom. The van der Waals surface area contributed by atoms with Gasteiger partial charge in [-0.25, -0.2) is 0 Å². The van der Waals surface area contributed by atoms with Crippen LogP contribution >= 0.6 is 11.3 Å². The second-order valence-electron chi connectivity index (χ2n) is 6.47. The van der Waals surface area contributed by atoms with Crippen LogP contribution in [-0.4, -0.2) is 42.3 Å². The van der Waals surface area contributed by atoms with Crippen molar-refractivity contribution in [1.29, 1.82) is 0 Å². The molecule has 4 heteroatoms. The van der Waals surface area contributed by atoms with E-state index in [0.717, 1.165) is 26.2 Å². The van der Waals surface area contributed by atoms with Crippen molar-refractivity contribution in [2.75, 3.05) is 26.2 Å². The van der Waals surface area contributed by atoms with E-state index >= 15 is 0 Å². The number of hydrogen-bond donors (Lipinski definition) is 0. The number of rotatable bonds is 5. The third kappa shape index (κ3) is 4.03. The molecule has 1 aliphatic heterocycles. The van der Waals surface area contributed by atoms with Gasteiger partial charge in [0.25, 0.3) is 0 Å². The highest BCUT2D eigenvalue weighted by Gasteiger charge is 2.25. The maximum absolute atomic E-state index is 4.66. The van der Waals surface area contributed by atoms with Crippen LogP contribution in [0.15, 0.2) is 83.3 Å². The lowest BCUT2D eigenvalue weighted by Crippen LogP contribution is -2.45.